The SMILES string of the molecule is CCNC(=NCc1sccc1C)N1CCC(OCC)CC1.I. The van der Waals surface area contributed by atoms with E-state index < -0.39 is 0 Å². The van der Waals surface area contributed by atoms with Crippen LogP contribution in [0.1, 0.15) is 37.1 Å². The fraction of sp³-hybridized carbons (Fsp3) is 0.688. The van der Waals surface area contributed by atoms with Gasteiger partial charge in [0.2, 0.25) is 0 Å². The highest BCUT2D eigenvalue weighted by molar-refractivity contribution is 14.0. The summed E-state index contributed by atoms with van der Waals surface area (Å²) in [5, 5.41) is 5.56. The normalized spacial score (nSPS) is 16.5. The molecule has 4 nitrogen and oxygen atoms in total. The average Bonchev–Trinajstić information content (AvgIpc) is 2.90. The second-order valence-electron chi connectivity index (χ2n) is 5.34. The summed E-state index contributed by atoms with van der Waals surface area (Å²) in [6.45, 7) is 10.9. The molecule has 0 unspecified atom stereocenters. The molecule has 0 bridgehead atoms. The molecule has 0 atom stereocenters. The van der Waals surface area contributed by atoms with Gasteiger partial charge in [0.1, 0.15) is 0 Å². The summed E-state index contributed by atoms with van der Waals surface area (Å²) in [7, 11) is 0. The zero-order chi connectivity index (χ0) is 15.1. The highest BCUT2D eigenvalue weighted by atomic mass is 127. The Morgan fingerprint density at radius 1 is 1.41 bits per heavy atom. The lowest BCUT2D eigenvalue weighted by Crippen LogP contribution is -2.47. The van der Waals surface area contributed by atoms with E-state index in [1.165, 1.54) is 10.4 Å². The van der Waals surface area contributed by atoms with Crippen molar-refractivity contribution in [1.82, 2.24) is 10.2 Å². The van der Waals surface area contributed by atoms with Crippen molar-refractivity contribution in [3.05, 3.63) is 21.9 Å². The molecule has 1 N–H and O–H groups in total. The number of ether oxygens (including phenoxy) is 1. The third-order valence-electron chi connectivity index (χ3n) is 3.82. The first-order valence-electron chi connectivity index (χ1n) is 7.92. The van der Waals surface area contributed by atoms with Gasteiger partial charge in [-0.15, -0.1) is 35.3 Å². The van der Waals surface area contributed by atoms with E-state index in [0.29, 0.717) is 6.10 Å². The van der Waals surface area contributed by atoms with Crippen LogP contribution in [0, 0.1) is 6.92 Å². The van der Waals surface area contributed by atoms with Crippen LogP contribution in [-0.2, 0) is 11.3 Å². The van der Waals surface area contributed by atoms with Crippen molar-refractivity contribution >= 4 is 41.3 Å². The van der Waals surface area contributed by atoms with E-state index in [0.717, 1.165) is 51.6 Å². The quantitative estimate of drug-likeness (QED) is 0.434. The molecule has 1 aromatic rings. The molecule has 0 spiro atoms. The van der Waals surface area contributed by atoms with Gasteiger partial charge in [-0.05, 0) is 50.6 Å². The Balaban J connectivity index is 0.00000242. The summed E-state index contributed by atoms with van der Waals surface area (Å²) in [6.07, 6.45) is 2.61. The predicted octanol–water partition coefficient (Wildman–Crippen LogP) is 3.64. The molecule has 1 aliphatic rings. The molecule has 0 aliphatic carbocycles. The van der Waals surface area contributed by atoms with Gasteiger partial charge < -0.3 is 15.0 Å². The van der Waals surface area contributed by atoms with Crippen molar-refractivity contribution in [2.45, 2.75) is 46.3 Å². The lowest BCUT2D eigenvalue weighted by Gasteiger charge is -2.34. The third-order valence-corrected chi connectivity index (χ3v) is 4.83. The Kier molecular flexibility index (Phi) is 9.35. The van der Waals surface area contributed by atoms with E-state index in [4.69, 9.17) is 9.73 Å². The number of aliphatic imine (C=N–C) groups is 1. The van der Waals surface area contributed by atoms with Gasteiger partial charge in [0, 0.05) is 31.1 Å². The van der Waals surface area contributed by atoms with Crippen molar-refractivity contribution < 1.29 is 4.74 Å². The zero-order valence-electron chi connectivity index (χ0n) is 13.8. The Morgan fingerprint density at radius 3 is 2.68 bits per heavy atom. The third kappa shape index (κ3) is 5.70. The minimum atomic E-state index is 0. The Hall–Kier alpha value is -0.340. The summed E-state index contributed by atoms with van der Waals surface area (Å²) < 4.78 is 5.72. The highest BCUT2D eigenvalue weighted by Crippen LogP contribution is 2.17. The lowest BCUT2D eigenvalue weighted by molar-refractivity contribution is 0.0263. The maximum Gasteiger partial charge on any atom is 0.194 e. The van der Waals surface area contributed by atoms with Gasteiger partial charge >= 0.3 is 0 Å². The molecule has 2 heterocycles. The molecule has 126 valence electrons. The second-order valence-corrected chi connectivity index (χ2v) is 6.34. The van der Waals surface area contributed by atoms with Crippen LogP contribution in [0.3, 0.4) is 0 Å². The van der Waals surface area contributed by atoms with E-state index in [-0.39, 0.29) is 24.0 Å². The highest BCUT2D eigenvalue weighted by Gasteiger charge is 2.21. The molecular formula is C16H28IN3OS. The molecule has 0 amide bonds. The van der Waals surface area contributed by atoms with Crippen molar-refractivity contribution in [3.8, 4) is 0 Å². The molecule has 1 fully saturated rings. The summed E-state index contributed by atoms with van der Waals surface area (Å²) in [5.74, 6) is 1.04. The minimum absolute atomic E-state index is 0. The molecule has 0 aromatic carbocycles. The molecular weight excluding hydrogens is 409 g/mol. The molecule has 22 heavy (non-hydrogen) atoms. The first-order valence-corrected chi connectivity index (χ1v) is 8.80. The van der Waals surface area contributed by atoms with Gasteiger partial charge in [0.25, 0.3) is 0 Å². The Labute approximate surface area is 155 Å². The fourth-order valence-electron chi connectivity index (χ4n) is 2.61. The van der Waals surface area contributed by atoms with Crippen LogP contribution in [0.15, 0.2) is 16.4 Å². The number of thiophene rings is 1. The zero-order valence-corrected chi connectivity index (χ0v) is 16.9. The number of piperidine rings is 1. The van der Waals surface area contributed by atoms with Crippen LogP contribution >= 0.6 is 35.3 Å². The van der Waals surface area contributed by atoms with Crippen LogP contribution in [0.4, 0.5) is 0 Å². The predicted molar refractivity (Wildman–Crippen MR) is 106 cm³/mol. The number of guanidine groups is 1. The topological polar surface area (TPSA) is 36.9 Å². The van der Waals surface area contributed by atoms with Crippen LogP contribution in [0.2, 0.25) is 0 Å². The van der Waals surface area contributed by atoms with Crippen LogP contribution in [-0.4, -0.2) is 43.2 Å². The minimum Gasteiger partial charge on any atom is -0.378 e. The van der Waals surface area contributed by atoms with E-state index in [9.17, 15) is 0 Å². The molecule has 1 aliphatic heterocycles. The van der Waals surface area contributed by atoms with Gasteiger partial charge in [-0.25, -0.2) is 4.99 Å². The molecule has 2 rings (SSSR count). The average molecular weight is 437 g/mol. The molecule has 0 saturated carbocycles. The number of rotatable bonds is 5. The van der Waals surface area contributed by atoms with Crippen LogP contribution < -0.4 is 5.32 Å². The van der Waals surface area contributed by atoms with Crippen LogP contribution in [0.25, 0.3) is 0 Å². The summed E-state index contributed by atoms with van der Waals surface area (Å²) in [5.41, 5.74) is 1.34. The second kappa shape index (κ2) is 10.4. The van der Waals surface area contributed by atoms with Gasteiger partial charge in [-0.2, -0.15) is 0 Å². The van der Waals surface area contributed by atoms with Gasteiger partial charge in [0.15, 0.2) is 5.96 Å². The van der Waals surface area contributed by atoms with Gasteiger partial charge in [-0.3, -0.25) is 0 Å². The van der Waals surface area contributed by atoms with Crippen LogP contribution in [0.5, 0.6) is 0 Å². The fourth-order valence-corrected chi connectivity index (χ4v) is 3.44. The van der Waals surface area contributed by atoms with E-state index in [1.54, 1.807) is 11.3 Å². The Morgan fingerprint density at radius 2 is 2.14 bits per heavy atom. The van der Waals surface area contributed by atoms with E-state index in [1.807, 2.05) is 0 Å². The number of halogens is 1. The van der Waals surface area contributed by atoms with Crippen molar-refractivity contribution in [2.75, 3.05) is 26.2 Å². The monoisotopic (exact) mass is 437 g/mol. The van der Waals surface area contributed by atoms with E-state index in [2.05, 4.69) is 42.4 Å². The molecule has 1 saturated heterocycles. The van der Waals surface area contributed by atoms with E-state index >= 15 is 0 Å². The van der Waals surface area contributed by atoms with Crippen molar-refractivity contribution in [1.29, 1.82) is 0 Å². The smallest absolute Gasteiger partial charge is 0.194 e. The number of nitrogens with zero attached hydrogens (tertiary/aromatic N) is 2. The summed E-state index contributed by atoms with van der Waals surface area (Å²) in [6, 6.07) is 2.16. The maximum atomic E-state index is 5.72. The molecule has 6 heteroatoms. The lowest BCUT2D eigenvalue weighted by atomic mass is 10.1. The largest absolute Gasteiger partial charge is 0.378 e. The number of nitrogens with one attached hydrogen (secondary N) is 1. The van der Waals surface area contributed by atoms with Gasteiger partial charge in [0.05, 0.1) is 12.6 Å². The first kappa shape index (κ1) is 19.7. The molecule has 0 radical (unpaired) electrons. The number of hydrogen-bond acceptors (Lipinski definition) is 3. The van der Waals surface area contributed by atoms with Crippen molar-refractivity contribution in [2.24, 2.45) is 4.99 Å². The first-order chi connectivity index (χ1) is 10.2. The summed E-state index contributed by atoms with van der Waals surface area (Å²) in [4.78, 5) is 8.53. The van der Waals surface area contributed by atoms with Gasteiger partial charge in [-0.1, -0.05) is 0 Å². The number of likely N-dealkylation sites (tertiary alicyclic amines) is 1. The van der Waals surface area contributed by atoms with Crippen molar-refractivity contribution in [3.63, 3.8) is 0 Å². The maximum absolute atomic E-state index is 5.72. The number of aryl methyl sites for hydroxylation is 1. The summed E-state index contributed by atoms with van der Waals surface area (Å²) >= 11 is 1.79. The molecule has 1 aromatic heterocycles. The Bertz CT molecular complexity index is 456. The number of hydrogen-bond donors (Lipinski definition) is 1. The standard InChI is InChI=1S/C16H27N3OS.HI/c1-4-17-16(18-12-15-13(3)8-11-21-15)19-9-6-14(7-10-19)20-5-2;/h8,11,14H,4-7,9-10,12H2,1-3H3,(H,17,18);1H.